The Morgan fingerprint density at radius 3 is 2.23 bits per heavy atom. The number of hydrogen-bond donors (Lipinski definition) is 3. The smallest absolute Gasteiger partial charge is 0.280 e. The van der Waals surface area contributed by atoms with Gasteiger partial charge in [-0.25, -0.2) is 0 Å². The molecule has 3 heterocycles. The van der Waals surface area contributed by atoms with Gasteiger partial charge in [0.1, 0.15) is 5.69 Å². The maximum Gasteiger partial charge on any atom is 0.280 e. The summed E-state index contributed by atoms with van der Waals surface area (Å²) in [7, 11) is 0. The van der Waals surface area contributed by atoms with Gasteiger partial charge in [0.05, 0.1) is 10.9 Å². The second kappa shape index (κ2) is 8.31. The number of nitrogens with zero attached hydrogens (tertiary/aromatic N) is 5. The Morgan fingerprint density at radius 2 is 1.46 bits per heavy atom. The number of nitrogens with one attached hydrogen (secondary N) is 2. The highest BCUT2D eigenvalue weighted by atomic mass is 16.3. The fourth-order valence-electron chi connectivity index (χ4n) is 4.06. The van der Waals surface area contributed by atoms with E-state index in [1.165, 1.54) is 0 Å². The topological polar surface area (TPSA) is 132 Å². The van der Waals surface area contributed by atoms with E-state index in [0.29, 0.717) is 27.6 Å². The van der Waals surface area contributed by atoms with Crippen molar-refractivity contribution in [3.63, 3.8) is 0 Å². The van der Waals surface area contributed by atoms with Crippen molar-refractivity contribution in [3.05, 3.63) is 95.3 Å². The third kappa shape index (κ3) is 3.51. The lowest BCUT2D eigenvalue weighted by Gasteiger charge is -2.10. The van der Waals surface area contributed by atoms with E-state index in [9.17, 15) is 9.90 Å². The predicted octanol–water partition coefficient (Wildman–Crippen LogP) is 5.65. The van der Waals surface area contributed by atoms with Gasteiger partial charge in [0.25, 0.3) is 5.56 Å². The number of para-hydroxylation sites is 1. The third-order valence-electron chi connectivity index (χ3n) is 5.69. The fraction of sp³-hybridized carbons (Fsp3) is 0. The Hall–Kier alpha value is -5.18. The number of aromatic amines is 2. The maximum absolute atomic E-state index is 12.6. The highest BCUT2D eigenvalue weighted by Gasteiger charge is 2.20. The van der Waals surface area contributed by atoms with Crippen LogP contribution in [0.25, 0.3) is 44.3 Å². The number of aromatic nitrogens is 5. The van der Waals surface area contributed by atoms with Crippen molar-refractivity contribution in [3.8, 4) is 28.1 Å². The molecule has 0 saturated carbocycles. The van der Waals surface area contributed by atoms with Crippen LogP contribution < -0.4 is 5.56 Å². The van der Waals surface area contributed by atoms with E-state index in [0.717, 1.165) is 16.7 Å². The second-order valence-electron chi connectivity index (χ2n) is 7.82. The number of rotatable bonds is 4. The molecular weight excluding hydrogens is 442 g/mol. The number of H-pyrrole nitrogens is 2. The van der Waals surface area contributed by atoms with Crippen LogP contribution in [-0.4, -0.2) is 30.5 Å². The van der Waals surface area contributed by atoms with Gasteiger partial charge in [-0.1, -0.05) is 72.8 Å². The molecule has 0 aliphatic heterocycles. The van der Waals surface area contributed by atoms with Crippen molar-refractivity contribution in [1.29, 1.82) is 0 Å². The molecule has 0 spiro atoms. The van der Waals surface area contributed by atoms with Gasteiger partial charge in [-0.15, -0.1) is 20.4 Å². The third-order valence-corrected chi connectivity index (χ3v) is 5.69. The van der Waals surface area contributed by atoms with E-state index in [4.69, 9.17) is 0 Å². The monoisotopic (exact) mass is 459 g/mol. The summed E-state index contributed by atoms with van der Waals surface area (Å²) in [6.45, 7) is 0. The van der Waals surface area contributed by atoms with Crippen molar-refractivity contribution in [1.82, 2.24) is 25.4 Å². The Bertz CT molecular complexity index is 1780. The minimum atomic E-state index is -0.558. The minimum Gasteiger partial charge on any atom is -0.505 e. The molecule has 0 atom stereocenters. The molecule has 0 aliphatic carbocycles. The number of hydrogen-bond acceptors (Lipinski definition) is 7. The fourth-order valence-corrected chi connectivity index (χ4v) is 4.06. The van der Waals surface area contributed by atoms with Gasteiger partial charge in [-0.2, -0.15) is 5.10 Å². The molecule has 0 radical (unpaired) electrons. The number of azo groups is 1. The first-order valence-corrected chi connectivity index (χ1v) is 10.8. The van der Waals surface area contributed by atoms with Crippen LogP contribution in [-0.2, 0) is 0 Å². The molecule has 6 rings (SSSR count). The van der Waals surface area contributed by atoms with E-state index >= 15 is 0 Å². The van der Waals surface area contributed by atoms with Gasteiger partial charge in [-0.3, -0.25) is 9.89 Å². The van der Waals surface area contributed by atoms with E-state index in [-0.39, 0.29) is 17.3 Å². The lowest BCUT2D eigenvalue weighted by Crippen LogP contribution is -2.04. The Kier molecular flexibility index (Phi) is 4.85. The predicted molar refractivity (Wildman–Crippen MR) is 133 cm³/mol. The van der Waals surface area contributed by atoms with Crippen LogP contribution in [0.2, 0.25) is 0 Å². The Labute approximate surface area is 197 Å². The van der Waals surface area contributed by atoms with Gasteiger partial charge in [0.15, 0.2) is 17.1 Å². The van der Waals surface area contributed by atoms with Gasteiger partial charge in [0.2, 0.25) is 5.82 Å². The van der Waals surface area contributed by atoms with Crippen LogP contribution >= 0.6 is 0 Å². The van der Waals surface area contributed by atoms with Crippen molar-refractivity contribution in [2.24, 2.45) is 10.2 Å². The zero-order valence-electron chi connectivity index (χ0n) is 18.2. The molecule has 0 amide bonds. The van der Waals surface area contributed by atoms with Crippen molar-refractivity contribution < 1.29 is 5.11 Å². The van der Waals surface area contributed by atoms with Gasteiger partial charge in [0, 0.05) is 16.5 Å². The molecule has 9 heteroatoms. The molecule has 35 heavy (non-hydrogen) atoms. The molecule has 0 fully saturated rings. The molecule has 3 aromatic carbocycles. The first-order valence-electron chi connectivity index (χ1n) is 10.8. The molecule has 9 nitrogen and oxygen atoms in total. The highest BCUT2D eigenvalue weighted by molar-refractivity contribution is 6.04. The van der Waals surface area contributed by atoms with E-state index in [1.54, 1.807) is 24.3 Å². The largest absolute Gasteiger partial charge is 0.505 e. The maximum atomic E-state index is 12.6. The standard InChI is InChI=1S/C26H17N7O2/c34-23-17-13-7-8-14-18(17)27-26(35)22(23)29-31-25-20-19(15-9-3-1-4-10-15)21(16-11-5-2-6-12-16)28-30-24(20)32-33-25/h1-14H,(H2,27,34,35)(H,30,32,33). The van der Waals surface area contributed by atoms with Gasteiger partial charge in [-0.05, 0) is 17.7 Å². The van der Waals surface area contributed by atoms with Gasteiger partial charge < -0.3 is 10.1 Å². The summed E-state index contributed by atoms with van der Waals surface area (Å²) in [5.41, 5.74) is 3.39. The molecule has 0 saturated heterocycles. The average molecular weight is 459 g/mol. The summed E-state index contributed by atoms with van der Waals surface area (Å²) in [5.74, 6) is -0.0288. The zero-order valence-corrected chi connectivity index (χ0v) is 18.2. The normalized spacial score (nSPS) is 11.5. The molecule has 3 N–H and O–H groups in total. The van der Waals surface area contributed by atoms with Gasteiger partial charge >= 0.3 is 0 Å². The Balaban J connectivity index is 1.58. The van der Waals surface area contributed by atoms with E-state index in [1.807, 2.05) is 60.7 Å². The van der Waals surface area contributed by atoms with Crippen LogP contribution in [0.15, 0.2) is 100.0 Å². The molecule has 6 aromatic rings. The first-order chi connectivity index (χ1) is 17.2. The molecular formula is C26H17N7O2. The molecule has 0 aliphatic rings. The number of benzene rings is 3. The molecule has 3 aromatic heterocycles. The first kappa shape index (κ1) is 20.4. The highest BCUT2D eigenvalue weighted by Crippen LogP contribution is 2.39. The molecule has 0 unspecified atom stereocenters. The van der Waals surface area contributed by atoms with Crippen molar-refractivity contribution >= 4 is 33.4 Å². The lowest BCUT2D eigenvalue weighted by molar-refractivity contribution is 0.481. The summed E-state index contributed by atoms with van der Waals surface area (Å²) < 4.78 is 0. The van der Waals surface area contributed by atoms with Crippen molar-refractivity contribution in [2.45, 2.75) is 0 Å². The Morgan fingerprint density at radius 1 is 0.771 bits per heavy atom. The van der Waals surface area contributed by atoms with Crippen LogP contribution in [0.5, 0.6) is 5.75 Å². The number of pyridine rings is 1. The van der Waals surface area contributed by atoms with Crippen LogP contribution in [0.4, 0.5) is 11.5 Å². The van der Waals surface area contributed by atoms with Crippen LogP contribution in [0.3, 0.4) is 0 Å². The summed E-state index contributed by atoms with van der Waals surface area (Å²) in [6.07, 6.45) is 0. The summed E-state index contributed by atoms with van der Waals surface area (Å²) in [5, 5.41) is 36.0. The van der Waals surface area contributed by atoms with E-state index < -0.39 is 5.56 Å². The van der Waals surface area contributed by atoms with Crippen molar-refractivity contribution in [2.75, 3.05) is 0 Å². The summed E-state index contributed by atoms with van der Waals surface area (Å²) in [6, 6.07) is 26.4. The minimum absolute atomic E-state index is 0.202. The summed E-state index contributed by atoms with van der Waals surface area (Å²) in [4.78, 5) is 15.3. The number of fused-ring (bicyclic) bond motifs is 2. The van der Waals surface area contributed by atoms with E-state index in [2.05, 4.69) is 35.6 Å². The quantitative estimate of drug-likeness (QED) is 0.293. The second-order valence-corrected chi connectivity index (χ2v) is 7.82. The van der Waals surface area contributed by atoms with Crippen LogP contribution in [0.1, 0.15) is 0 Å². The molecule has 0 bridgehead atoms. The number of aromatic hydroxyl groups is 1. The van der Waals surface area contributed by atoms with Crippen LogP contribution in [0, 0.1) is 0 Å². The zero-order chi connectivity index (χ0) is 23.8. The summed E-state index contributed by atoms with van der Waals surface area (Å²) >= 11 is 0. The molecule has 168 valence electrons. The lowest BCUT2D eigenvalue weighted by atomic mass is 9.97. The SMILES string of the molecule is O=c1[nH]c2ccccc2c(O)c1N=Nc1n[nH]c2nnc(-c3ccccc3)c(-c3ccccc3)c12. The average Bonchev–Trinajstić information content (AvgIpc) is 3.32.